The van der Waals surface area contributed by atoms with E-state index in [1.54, 1.807) is 0 Å². The number of nitrogens with zero attached hydrogens (tertiary/aromatic N) is 1. The van der Waals surface area contributed by atoms with Crippen LogP contribution in [0.25, 0.3) is 0 Å². The van der Waals surface area contributed by atoms with Crippen molar-refractivity contribution in [3.8, 4) is 0 Å². The Hall–Kier alpha value is -2.38. The van der Waals surface area contributed by atoms with Crippen molar-refractivity contribution in [3.63, 3.8) is 0 Å². The zero-order valence-corrected chi connectivity index (χ0v) is 12.5. The van der Waals surface area contributed by atoms with Gasteiger partial charge in [-0.3, -0.25) is 9.59 Å². The molecule has 1 N–H and O–H groups in total. The summed E-state index contributed by atoms with van der Waals surface area (Å²) in [6.45, 7) is 1.76. The van der Waals surface area contributed by atoms with E-state index in [4.69, 9.17) is 9.47 Å². The lowest BCUT2D eigenvalue weighted by Crippen LogP contribution is -2.79. The van der Waals surface area contributed by atoms with Gasteiger partial charge in [0, 0.05) is 6.54 Å². The van der Waals surface area contributed by atoms with Crippen molar-refractivity contribution in [1.82, 2.24) is 10.2 Å². The number of nitrogens with one attached hydrogen (secondary N) is 1. The van der Waals surface area contributed by atoms with Crippen LogP contribution >= 0.6 is 0 Å². The van der Waals surface area contributed by atoms with Gasteiger partial charge in [0.1, 0.15) is 5.54 Å². The van der Waals surface area contributed by atoms with Gasteiger partial charge in [-0.2, -0.15) is 0 Å². The number of esters is 2. The molecule has 2 bridgehead atoms. The fourth-order valence-corrected chi connectivity index (χ4v) is 3.76. The van der Waals surface area contributed by atoms with Gasteiger partial charge in [0.05, 0.1) is 25.4 Å². The lowest BCUT2D eigenvalue weighted by atomic mass is 9.68. The molecule has 8 nitrogen and oxygen atoms in total. The molecule has 0 unspecified atom stereocenters. The highest BCUT2D eigenvalue weighted by Crippen LogP contribution is 2.49. The summed E-state index contributed by atoms with van der Waals surface area (Å²) in [5.41, 5.74) is -3.29. The van der Waals surface area contributed by atoms with E-state index in [9.17, 15) is 19.2 Å². The van der Waals surface area contributed by atoms with Crippen molar-refractivity contribution in [1.29, 1.82) is 0 Å². The topological polar surface area (TPSA) is 102 Å². The van der Waals surface area contributed by atoms with Gasteiger partial charge in [0.25, 0.3) is 11.8 Å². The molecule has 4 aliphatic heterocycles. The van der Waals surface area contributed by atoms with E-state index in [1.807, 2.05) is 0 Å². The first-order chi connectivity index (χ1) is 10.3. The molecule has 0 aromatic rings. The molecule has 2 saturated heterocycles. The van der Waals surface area contributed by atoms with Crippen LogP contribution in [0, 0.1) is 0 Å². The molecule has 4 aliphatic rings. The van der Waals surface area contributed by atoms with Gasteiger partial charge in [-0.05, 0) is 19.8 Å². The van der Waals surface area contributed by atoms with E-state index in [0.717, 1.165) is 7.11 Å². The van der Waals surface area contributed by atoms with E-state index >= 15 is 0 Å². The first kappa shape index (κ1) is 14.6. The molecule has 118 valence electrons. The largest absolute Gasteiger partial charge is 0.466 e. The predicted molar refractivity (Wildman–Crippen MR) is 71.3 cm³/mol. The molecular formula is C14H16N2O6. The maximum absolute atomic E-state index is 12.7. The minimum Gasteiger partial charge on any atom is -0.466 e. The third-order valence-electron chi connectivity index (χ3n) is 4.74. The van der Waals surface area contributed by atoms with Gasteiger partial charge in [-0.25, -0.2) is 9.59 Å². The van der Waals surface area contributed by atoms with Crippen molar-refractivity contribution >= 4 is 23.8 Å². The molecule has 2 fully saturated rings. The summed E-state index contributed by atoms with van der Waals surface area (Å²) >= 11 is 0. The average molecular weight is 308 g/mol. The third-order valence-corrected chi connectivity index (χ3v) is 4.74. The summed E-state index contributed by atoms with van der Waals surface area (Å²) in [4.78, 5) is 51.2. The van der Waals surface area contributed by atoms with Crippen LogP contribution in [-0.2, 0) is 28.7 Å². The summed E-state index contributed by atoms with van der Waals surface area (Å²) in [6.07, 6.45) is 0.829. The molecule has 4 rings (SSSR count). The van der Waals surface area contributed by atoms with Crippen LogP contribution in [-0.4, -0.2) is 60.5 Å². The Morgan fingerprint density at radius 1 is 1.14 bits per heavy atom. The summed E-state index contributed by atoms with van der Waals surface area (Å²) in [5, 5.41) is 2.58. The Balaban J connectivity index is 2.39. The zero-order chi connectivity index (χ0) is 16.3. The Morgan fingerprint density at radius 3 is 2.32 bits per heavy atom. The molecule has 2 amide bonds. The maximum atomic E-state index is 12.7. The second kappa shape index (κ2) is 4.31. The van der Waals surface area contributed by atoms with Crippen LogP contribution < -0.4 is 5.32 Å². The van der Waals surface area contributed by atoms with E-state index < -0.39 is 34.8 Å². The molecule has 0 aromatic carbocycles. The molecule has 4 heterocycles. The monoisotopic (exact) mass is 308 g/mol. The number of methoxy groups -OCH3 is 2. The Kier molecular flexibility index (Phi) is 2.85. The smallest absolute Gasteiger partial charge is 0.337 e. The molecule has 1 spiro atoms. The Morgan fingerprint density at radius 2 is 1.73 bits per heavy atom. The van der Waals surface area contributed by atoms with Crippen LogP contribution in [0.5, 0.6) is 0 Å². The van der Waals surface area contributed by atoms with Crippen LogP contribution in [0.15, 0.2) is 11.1 Å². The first-order valence-electron chi connectivity index (χ1n) is 6.91. The number of fused-ring (bicyclic) bond motifs is 1. The molecule has 0 radical (unpaired) electrons. The molecule has 0 aliphatic carbocycles. The molecule has 0 aromatic heterocycles. The Labute approximate surface area is 126 Å². The summed E-state index contributed by atoms with van der Waals surface area (Å²) in [5.74, 6) is -2.47. The van der Waals surface area contributed by atoms with Gasteiger partial charge >= 0.3 is 11.9 Å². The predicted octanol–water partition coefficient (Wildman–Crippen LogP) is -1.11. The van der Waals surface area contributed by atoms with Crippen molar-refractivity contribution in [2.75, 3.05) is 20.8 Å². The van der Waals surface area contributed by atoms with E-state index in [1.165, 1.54) is 18.9 Å². The number of rotatable bonds is 2. The minimum absolute atomic E-state index is 0.0785. The summed E-state index contributed by atoms with van der Waals surface area (Å²) < 4.78 is 9.51. The molecular weight excluding hydrogens is 292 g/mol. The maximum Gasteiger partial charge on any atom is 0.337 e. The van der Waals surface area contributed by atoms with Crippen molar-refractivity contribution in [2.24, 2.45) is 0 Å². The molecule has 22 heavy (non-hydrogen) atoms. The number of ether oxygens (including phenoxy) is 2. The zero-order valence-electron chi connectivity index (χ0n) is 12.5. The van der Waals surface area contributed by atoms with Gasteiger partial charge in [0.15, 0.2) is 5.54 Å². The van der Waals surface area contributed by atoms with Crippen LogP contribution in [0.1, 0.15) is 19.8 Å². The molecule has 0 saturated carbocycles. The number of carbonyl (C=O) groups excluding carboxylic acids is 4. The highest BCUT2D eigenvalue weighted by atomic mass is 16.5. The SMILES string of the molecule is COC(=O)C1=C(C(=O)OC)[C@@]23CCCN2C(=O)[C@]1(C)NC3=O. The van der Waals surface area contributed by atoms with Crippen molar-refractivity contribution in [3.05, 3.63) is 11.1 Å². The number of carbonyl (C=O) groups is 4. The lowest BCUT2D eigenvalue weighted by molar-refractivity contribution is -0.162. The van der Waals surface area contributed by atoms with E-state index in [-0.39, 0.29) is 17.6 Å². The minimum atomic E-state index is -1.61. The fraction of sp³-hybridized carbons (Fsp3) is 0.571. The summed E-state index contributed by atoms with van der Waals surface area (Å²) in [6, 6.07) is 0. The van der Waals surface area contributed by atoms with Gasteiger partial charge in [-0.15, -0.1) is 0 Å². The van der Waals surface area contributed by atoms with Crippen LogP contribution in [0.3, 0.4) is 0 Å². The second-order valence-corrected chi connectivity index (χ2v) is 5.73. The van der Waals surface area contributed by atoms with Crippen molar-refractivity contribution < 1.29 is 28.7 Å². The highest BCUT2D eigenvalue weighted by molar-refractivity contribution is 6.21. The molecule has 8 heteroatoms. The average Bonchev–Trinajstić information content (AvgIpc) is 2.94. The number of amides is 2. The quantitative estimate of drug-likeness (QED) is 0.649. The number of hydrogen-bond acceptors (Lipinski definition) is 6. The lowest BCUT2D eigenvalue weighted by Gasteiger charge is -2.54. The normalized spacial score (nSPS) is 32.8. The Bertz CT molecular complexity index is 654. The standard InChI is InChI=1S/C14H16N2O6/c1-13-7(9(17)21-2)8(10(18)22-3)14(11(19)15-13)5-4-6-16(14)12(13)20/h4-6H2,1-3H3,(H,15,19)/t13-,14-/m1/s1. The molecule has 2 atom stereocenters. The third kappa shape index (κ3) is 1.37. The second-order valence-electron chi connectivity index (χ2n) is 5.73. The van der Waals surface area contributed by atoms with Gasteiger partial charge in [-0.1, -0.05) is 0 Å². The number of hydrogen-bond donors (Lipinski definition) is 1. The van der Waals surface area contributed by atoms with Gasteiger partial charge in [0.2, 0.25) is 0 Å². The highest BCUT2D eigenvalue weighted by Gasteiger charge is 2.70. The van der Waals surface area contributed by atoms with Crippen LogP contribution in [0.4, 0.5) is 0 Å². The van der Waals surface area contributed by atoms with Gasteiger partial charge < -0.3 is 19.7 Å². The fourth-order valence-electron chi connectivity index (χ4n) is 3.76. The first-order valence-corrected chi connectivity index (χ1v) is 6.91. The van der Waals surface area contributed by atoms with E-state index in [2.05, 4.69) is 5.32 Å². The van der Waals surface area contributed by atoms with Crippen LogP contribution in [0.2, 0.25) is 0 Å². The summed E-state index contributed by atoms with van der Waals surface area (Å²) in [7, 11) is 2.33. The number of piperazine rings is 1. The van der Waals surface area contributed by atoms with E-state index in [0.29, 0.717) is 13.0 Å². The van der Waals surface area contributed by atoms with Crippen molar-refractivity contribution in [2.45, 2.75) is 30.8 Å².